The van der Waals surface area contributed by atoms with Crippen molar-refractivity contribution in [1.29, 1.82) is 0 Å². The summed E-state index contributed by atoms with van der Waals surface area (Å²) in [7, 11) is 7.96. The van der Waals surface area contributed by atoms with E-state index in [-0.39, 0.29) is 47.4 Å². The molecule has 0 heterocycles. The van der Waals surface area contributed by atoms with Crippen molar-refractivity contribution in [3.8, 4) is 11.5 Å². The number of ether oxygens (including phenoxy) is 6. The van der Waals surface area contributed by atoms with Crippen molar-refractivity contribution in [3.05, 3.63) is 42.0 Å². The average molecular weight is 610 g/mol. The van der Waals surface area contributed by atoms with Crippen molar-refractivity contribution in [2.75, 3.05) is 48.4 Å². The Morgan fingerprint density at radius 3 is 2.00 bits per heavy atom. The predicted molar refractivity (Wildman–Crippen MR) is 175 cm³/mol. The molecule has 0 radical (unpaired) electrons. The minimum Gasteiger partial charge on any atom is -0.497 e. The summed E-state index contributed by atoms with van der Waals surface area (Å²) in [6.45, 7) is 21.6. The van der Waals surface area contributed by atoms with E-state index >= 15 is 0 Å². The molecule has 0 saturated heterocycles. The maximum absolute atomic E-state index is 6.87. The summed E-state index contributed by atoms with van der Waals surface area (Å²) in [6.07, 6.45) is 3.44. The lowest BCUT2D eigenvalue weighted by Gasteiger charge is -2.41. The monoisotopic (exact) mass is 609 g/mol. The van der Waals surface area contributed by atoms with E-state index in [1.54, 1.807) is 48.7 Å². The minimum atomic E-state index is -2.10. The van der Waals surface area contributed by atoms with Gasteiger partial charge in [-0.3, -0.25) is 0 Å². The van der Waals surface area contributed by atoms with E-state index in [9.17, 15) is 0 Å². The second-order valence-corrected chi connectivity index (χ2v) is 17.4. The van der Waals surface area contributed by atoms with Gasteiger partial charge in [-0.25, -0.2) is 0 Å². The molecule has 0 saturated carbocycles. The van der Waals surface area contributed by atoms with Crippen LogP contribution in [0.1, 0.15) is 59.6 Å². The molecule has 0 amide bonds. The predicted octanol–water partition coefficient (Wildman–Crippen LogP) is 7.20. The van der Waals surface area contributed by atoms with E-state index < -0.39 is 8.32 Å². The summed E-state index contributed by atoms with van der Waals surface area (Å²) < 4.78 is 41.9. The van der Waals surface area contributed by atoms with Crippen molar-refractivity contribution >= 4 is 14.0 Å². The molecule has 7 atom stereocenters. The van der Waals surface area contributed by atoms with Gasteiger partial charge < -0.3 is 38.6 Å². The van der Waals surface area contributed by atoms with Crippen molar-refractivity contribution in [2.45, 2.75) is 96.6 Å². The number of nitrogens with two attached hydrogens (primary N) is 1. The molecule has 0 aliphatic rings. The van der Waals surface area contributed by atoms with Crippen molar-refractivity contribution in [1.82, 2.24) is 0 Å². The zero-order valence-electron chi connectivity index (χ0n) is 28.7. The number of rotatable bonds is 18. The SMILES string of the molecule is C=C[C@H](OC)[C@@H](O[Si](C)(C)C(C)(C)C)/C(C)=C\[C@H](C)[C@@H](OC)[C@H](C[C@H](C)[C@@H](OC)c1cc(OC)cc(N)c1OC)OC. The summed E-state index contributed by atoms with van der Waals surface area (Å²) in [4.78, 5) is 0. The fourth-order valence-electron chi connectivity index (χ4n) is 5.30. The first-order chi connectivity index (χ1) is 19.6. The molecule has 0 spiro atoms. The Labute approximate surface area is 257 Å². The largest absolute Gasteiger partial charge is 0.497 e. The van der Waals surface area contributed by atoms with Gasteiger partial charge in [0.2, 0.25) is 0 Å². The van der Waals surface area contributed by atoms with Gasteiger partial charge in [0.05, 0.1) is 44.3 Å². The molecular weight excluding hydrogens is 550 g/mol. The molecular formula is C33H59NO7Si. The van der Waals surface area contributed by atoms with E-state index in [0.29, 0.717) is 23.6 Å². The molecule has 0 unspecified atom stereocenters. The van der Waals surface area contributed by atoms with Crippen LogP contribution in [0.4, 0.5) is 5.69 Å². The Morgan fingerprint density at radius 2 is 1.57 bits per heavy atom. The van der Waals surface area contributed by atoms with Gasteiger partial charge in [-0.05, 0) is 49.0 Å². The molecule has 1 aromatic carbocycles. The fourth-order valence-corrected chi connectivity index (χ4v) is 6.61. The van der Waals surface area contributed by atoms with Crippen molar-refractivity contribution in [3.63, 3.8) is 0 Å². The van der Waals surface area contributed by atoms with Gasteiger partial charge in [0.1, 0.15) is 17.6 Å². The number of benzene rings is 1. The van der Waals surface area contributed by atoms with Crippen LogP contribution in [0.2, 0.25) is 18.1 Å². The standard InChI is InChI=1S/C33H59NO7Si/c1-16-27(36-9)31(41-42(14,15)33(5,6)7)22(3)17-21(2)30(39-12)28(37-10)18-23(4)29(38-11)25-19-24(35-8)20-26(34)32(25)40-13/h16-17,19-21,23,27-31H,1,18,34H2,2-15H3/b22-17-/t21-,23-,27-,28-,29+,30+,31-/m0/s1. The average Bonchev–Trinajstić information content (AvgIpc) is 2.92. The highest BCUT2D eigenvalue weighted by Gasteiger charge is 2.41. The van der Waals surface area contributed by atoms with Gasteiger partial charge in [0, 0.05) is 46.0 Å². The molecule has 2 N–H and O–H groups in total. The summed E-state index contributed by atoms with van der Waals surface area (Å²) >= 11 is 0. The number of hydrogen-bond donors (Lipinski definition) is 1. The first-order valence-corrected chi connectivity index (χ1v) is 17.6. The highest BCUT2D eigenvalue weighted by Crippen LogP contribution is 2.42. The molecule has 0 aliphatic heterocycles. The van der Waals surface area contributed by atoms with Gasteiger partial charge in [-0.15, -0.1) is 6.58 Å². The van der Waals surface area contributed by atoms with Crippen LogP contribution in [0.15, 0.2) is 36.4 Å². The topological polar surface area (TPSA) is 90.6 Å². The van der Waals surface area contributed by atoms with Crippen LogP contribution in [0.25, 0.3) is 0 Å². The summed E-state index contributed by atoms with van der Waals surface area (Å²) in [5.41, 5.74) is 8.68. The van der Waals surface area contributed by atoms with Gasteiger partial charge in [-0.1, -0.05) is 46.8 Å². The zero-order valence-corrected chi connectivity index (χ0v) is 29.7. The van der Waals surface area contributed by atoms with Crippen LogP contribution in [0.3, 0.4) is 0 Å². The van der Waals surface area contributed by atoms with Crippen molar-refractivity contribution in [2.24, 2.45) is 11.8 Å². The lowest BCUT2D eigenvalue weighted by Crippen LogP contribution is -2.47. The van der Waals surface area contributed by atoms with Crippen LogP contribution in [-0.4, -0.2) is 75.4 Å². The second-order valence-electron chi connectivity index (χ2n) is 12.7. The van der Waals surface area contributed by atoms with Crippen LogP contribution in [-0.2, 0) is 23.4 Å². The smallest absolute Gasteiger partial charge is 0.193 e. The van der Waals surface area contributed by atoms with E-state index in [1.807, 2.05) is 12.1 Å². The minimum absolute atomic E-state index is 0.0166. The van der Waals surface area contributed by atoms with Crippen LogP contribution < -0.4 is 15.2 Å². The fraction of sp³-hybridized carbons (Fsp3) is 0.697. The normalized spacial score (nSPS) is 18.0. The van der Waals surface area contributed by atoms with Crippen molar-refractivity contribution < 1.29 is 32.8 Å². The third kappa shape index (κ3) is 9.56. The first-order valence-electron chi connectivity index (χ1n) is 14.7. The van der Waals surface area contributed by atoms with Crippen LogP contribution in [0.5, 0.6) is 11.5 Å². The van der Waals surface area contributed by atoms with Gasteiger partial charge in [0.15, 0.2) is 8.32 Å². The quantitative estimate of drug-likeness (QED) is 0.106. The summed E-state index contributed by atoms with van der Waals surface area (Å²) in [6, 6.07) is 3.66. The number of nitrogen functional groups attached to an aromatic ring is 1. The molecule has 1 rings (SSSR count). The molecule has 242 valence electrons. The number of anilines is 1. The highest BCUT2D eigenvalue weighted by molar-refractivity contribution is 6.74. The number of methoxy groups -OCH3 is 6. The zero-order chi connectivity index (χ0) is 32.4. The van der Waals surface area contributed by atoms with E-state index in [4.69, 9.17) is 38.6 Å². The third-order valence-corrected chi connectivity index (χ3v) is 13.2. The van der Waals surface area contributed by atoms with Gasteiger partial charge in [-0.2, -0.15) is 0 Å². The molecule has 0 bridgehead atoms. The Bertz CT molecular complexity index is 1010. The molecule has 8 nitrogen and oxygen atoms in total. The Balaban J connectivity index is 3.35. The maximum atomic E-state index is 6.87. The lowest BCUT2D eigenvalue weighted by atomic mass is 9.86. The molecule has 0 fully saturated rings. The number of hydrogen-bond acceptors (Lipinski definition) is 8. The Morgan fingerprint density at radius 1 is 0.952 bits per heavy atom. The maximum Gasteiger partial charge on any atom is 0.193 e. The third-order valence-electron chi connectivity index (χ3n) is 8.71. The molecule has 0 aliphatic carbocycles. The molecule has 42 heavy (non-hydrogen) atoms. The van der Waals surface area contributed by atoms with Crippen LogP contribution in [0, 0.1) is 11.8 Å². The molecule has 0 aromatic heterocycles. The summed E-state index contributed by atoms with van der Waals surface area (Å²) in [5, 5.41) is 0.0525. The Hall–Kier alpha value is -1.88. The molecule has 1 aromatic rings. The second kappa shape index (κ2) is 16.8. The van der Waals surface area contributed by atoms with Gasteiger partial charge in [0.25, 0.3) is 0 Å². The van der Waals surface area contributed by atoms with E-state index in [2.05, 4.69) is 67.3 Å². The van der Waals surface area contributed by atoms with Gasteiger partial charge >= 0.3 is 0 Å². The van der Waals surface area contributed by atoms with E-state index in [1.165, 1.54) is 0 Å². The summed E-state index contributed by atoms with van der Waals surface area (Å²) in [5.74, 6) is 1.28. The van der Waals surface area contributed by atoms with E-state index in [0.717, 1.165) is 11.1 Å². The molecule has 9 heteroatoms. The highest BCUT2D eigenvalue weighted by atomic mass is 28.4. The Kier molecular flexibility index (Phi) is 15.3. The first kappa shape index (κ1) is 38.1. The lowest BCUT2D eigenvalue weighted by molar-refractivity contribution is -0.0724. The van der Waals surface area contributed by atoms with Crippen LogP contribution >= 0.6 is 0 Å².